The van der Waals surface area contributed by atoms with Gasteiger partial charge in [0.15, 0.2) is 0 Å². The molecular formula is C11H12BrNO. The molecule has 0 N–H and O–H groups in total. The molecule has 1 rings (SSSR count). The fraction of sp³-hybridized carbons (Fsp3) is 0.182. The summed E-state index contributed by atoms with van der Waals surface area (Å²) < 4.78 is 1.01. The Bertz CT molecular complexity index is 358. The van der Waals surface area contributed by atoms with Gasteiger partial charge in [0.2, 0.25) is 5.91 Å². The Balaban J connectivity index is 2.74. The van der Waals surface area contributed by atoms with E-state index in [1.807, 2.05) is 24.3 Å². The fourth-order valence-electron chi connectivity index (χ4n) is 0.927. The van der Waals surface area contributed by atoms with Gasteiger partial charge >= 0.3 is 0 Å². The van der Waals surface area contributed by atoms with E-state index >= 15 is 0 Å². The molecule has 0 spiro atoms. The number of carbonyl (C=O) groups excluding carboxylic acids is 1. The number of rotatable bonds is 2. The van der Waals surface area contributed by atoms with Crippen molar-refractivity contribution >= 4 is 27.9 Å². The lowest BCUT2D eigenvalue weighted by atomic mass is 10.2. The lowest BCUT2D eigenvalue weighted by Crippen LogP contribution is -2.18. The zero-order chi connectivity index (χ0) is 10.6. The number of amides is 1. The van der Waals surface area contributed by atoms with Crippen LogP contribution in [-0.4, -0.2) is 24.9 Å². The van der Waals surface area contributed by atoms with Crippen LogP contribution in [0.5, 0.6) is 0 Å². The first-order valence-electron chi connectivity index (χ1n) is 4.24. The van der Waals surface area contributed by atoms with Gasteiger partial charge in [-0.25, -0.2) is 0 Å². The minimum Gasteiger partial charge on any atom is -0.345 e. The highest BCUT2D eigenvalue weighted by molar-refractivity contribution is 9.10. The number of hydrogen-bond donors (Lipinski definition) is 0. The molecule has 1 aromatic rings. The van der Waals surface area contributed by atoms with Gasteiger partial charge in [0.05, 0.1) is 0 Å². The van der Waals surface area contributed by atoms with Crippen LogP contribution in [0.4, 0.5) is 0 Å². The first kappa shape index (κ1) is 11.0. The minimum absolute atomic E-state index is 0.00928. The first-order chi connectivity index (χ1) is 6.59. The van der Waals surface area contributed by atoms with Crippen LogP contribution in [0.25, 0.3) is 6.08 Å². The summed E-state index contributed by atoms with van der Waals surface area (Å²) in [6.45, 7) is 0. The summed E-state index contributed by atoms with van der Waals surface area (Å²) in [5, 5.41) is 0. The number of nitrogens with zero attached hydrogens (tertiary/aromatic N) is 1. The van der Waals surface area contributed by atoms with Crippen LogP contribution in [0.1, 0.15) is 5.56 Å². The van der Waals surface area contributed by atoms with E-state index in [1.165, 1.54) is 4.90 Å². The van der Waals surface area contributed by atoms with Crippen molar-refractivity contribution in [2.24, 2.45) is 0 Å². The van der Waals surface area contributed by atoms with Gasteiger partial charge in [-0.2, -0.15) is 0 Å². The second kappa shape index (κ2) is 4.96. The molecule has 0 atom stereocenters. The summed E-state index contributed by atoms with van der Waals surface area (Å²) in [7, 11) is 3.46. The molecule has 0 heterocycles. The second-order valence-electron chi connectivity index (χ2n) is 3.12. The summed E-state index contributed by atoms with van der Waals surface area (Å²) in [6.07, 6.45) is 3.36. The van der Waals surface area contributed by atoms with Crippen LogP contribution in [0.2, 0.25) is 0 Å². The molecule has 1 amide bonds. The predicted octanol–water partition coefficient (Wildman–Crippen LogP) is 2.55. The van der Waals surface area contributed by atoms with Crippen molar-refractivity contribution in [1.29, 1.82) is 0 Å². The lowest BCUT2D eigenvalue weighted by Gasteiger charge is -2.04. The third-order valence-electron chi connectivity index (χ3n) is 1.71. The van der Waals surface area contributed by atoms with Gasteiger partial charge in [0, 0.05) is 24.6 Å². The molecule has 0 aliphatic heterocycles. The van der Waals surface area contributed by atoms with E-state index in [9.17, 15) is 4.79 Å². The number of likely N-dealkylation sites (N-methyl/N-ethyl adjacent to an activating group) is 1. The Morgan fingerprint density at radius 2 is 2.14 bits per heavy atom. The number of benzene rings is 1. The number of halogens is 1. The largest absolute Gasteiger partial charge is 0.345 e. The smallest absolute Gasteiger partial charge is 0.246 e. The van der Waals surface area contributed by atoms with E-state index in [0.717, 1.165) is 10.0 Å². The van der Waals surface area contributed by atoms with E-state index in [2.05, 4.69) is 15.9 Å². The Labute approximate surface area is 92.4 Å². The van der Waals surface area contributed by atoms with Crippen molar-refractivity contribution < 1.29 is 4.79 Å². The van der Waals surface area contributed by atoms with Crippen molar-refractivity contribution in [3.05, 3.63) is 40.4 Å². The van der Waals surface area contributed by atoms with E-state index in [0.29, 0.717) is 0 Å². The standard InChI is InChI=1S/C11H12BrNO/c1-13(2)11(14)7-6-9-4-3-5-10(12)8-9/h3-8H,1-2H3/b7-6+. The summed E-state index contributed by atoms with van der Waals surface area (Å²) in [5.74, 6) is -0.00928. The quantitative estimate of drug-likeness (QED) is 0.743. The zero-order valence-electron chi connectivity index (χ0n) is 8.20. The first-order valence-corrected chi connectivity index (χ1v) is 5.04. The highest BCUT2D eigenvalue weighted by Crippen LogP contribution is 2.12. The molecule has 0 aliphatic rings. The normalized spacial score (nSPS) is 10.5. The topological polar surface area (TPSA) is 20.3 Å². The maximum absolute atomic E-state index is 11.2. The van der Waals surface area contributed by atoms with Gasteiger partial charge in [0.1, 0.15) is 0 Å². The Morgan fingerprint density at radius 3 is 2.71 bits per heavy atom. The van der Waals surface area contributed by atoms with Gasteiger partial charge < -0.3 is 4.90 Å². The molecule has 14 heavy (non-hydrogen) atoms. The molecule has 0 aromatic heterocycles. The molecular weight excluding hydrogens is 242 g/mol. The van der Waals surface area contributed by atoms with Gasteiger partial charge in [0.25, 0.3) is 0 Å². The van der Waals surface area contributed by atoms with Gasteiger partial charge in [-0.1, -0.05) is 28.1 Å². The molecule has 74 valence electrons. The number of carbonyl (C=O) groups is 1. The average molecular weight is 254 g/mol. The summed E-state index contributed by atoms with van der Waals surface area (Å²) in [5.41, 5.74) is 1.01. The summed E-state index contributed by atoms with van der Waals surface area (Å²) in [6, 6.07) is 7.79. The highest BCUT2D eigenvalue weighted by Gasteiger charge is 1.96. The third kappa shape index (κ3) is 3.34. The van der Waals surface area contributed by atoms with Crippen LogP contribution in [0.15, 0.2) is 34.8 Å². The number of hydrogen-bond acceptors (Lipinski definition) is 1. The van der Waals surface area contributed by atoms with Crippen molar-refractivity contribution in [3.63, 3.8) is 0 Å². The van der Waals surface area contributed by atoms with Crippen LogP contribution < -0.4 is 0 Å². The van der Waals surface area contributed by atoms with E-state index in [4.69, 9.17) is 0 Å². The molecule has 0 fully saturated rings. The van der Waals surface area contributed by atoms with E-state index in [1.54, 1.807) is 26.2 Å². The van der Waals surface area contributed by atoms with Crippen LogP contribution >= 0.6 is 15.9 Å². The van der Waals surface area contributed by atoms with Crippen LogP contribution in [-0.2, 0) is 4.79 Å². The Kier molecular flexibility index (Phi) is 3.89. The lowest BCUT2D eigenvalue weighted by molar-refractivity contribution is -0.123. The summed E-state index contributed by atoms with van der Waals surface area (Å²) in [4.78, 5) is 12.8. The maximum Gasteiger partial charge on any atom is 0.246 e. The zero-order valence-corrected chi connectivity index (χ0v) is 9.78. The molecule has 1 aromatic carbocycles. The molecule has 0 saturated heterocycles. The molecule has 3 heteroatoms. The Hall–Kier alpha value is -1.09. The maximum atomic E-state index is 11.2. The van der Waals surface area contributed by atoms with Crippen LogP contribution in [0, 0.1) is 0 Å². The molecule has 0 aliphatic carbocycles. The molecule has 0 bridgehead atoms. The third-order valence-corrected chi connectivity index (χ3v) is 2.20. The highest BCUT2D eigenvalue weighted by atomic mass is 79.9. The minimum atomic E-state index is -0.00928. The van der Waals surface area contributed by atoms with Gasteiger partial charge in [-0.15, -0.1) is 0 Å². The molecule has 0 unspecified atom stereocenters. The predicted molar refractivity (Wildman–Crippen MR) is 61.9 cm³/mol. The van der Waals surface area contributed by atoms with Crippen molar-refractivity contribution in [1.82, 2.24) is 4.90 Å². The van der Waals surface area contributed by atoms with Gasteiger partial charge in [-0.05, 0) is 23.8 Å². The van der Waals surface area contributed by atoms with Crippen molar-refractivity contribution in [2.45, 2.75) is 0 Å². The summed E-state index contributed by atoms with van der Waals surface area (Å²) >= 11 is 3.37. The van der Waals surface area contributed by atoms with Gasteiger partial charge in [-0.3, -0.25) is 4.79 Å². The van der Waals surface area contributed by atoms with E-state index < -0.39 is 0 Å². The van der Waals surface area contributed by atoms with Crippen molar-refractivity contribution in [3.8, 4) is 0 Å². The van der Waals surface area contributed by atoms with Crippen molar-refractivity contribution in [2.75, 3.05) is 14.1 Å². The van der Waals surface area contributed by atoms with Crippen LogP contribution in [0.3, 0.4) is 0 Å². The monoisotopic (exact) mass is 253 g/mol. The van der Waals surface area contributed by atoms with E-state index in [-0.39, 0.29) is 5.91 Å². The fourth-order valence-corrected chi connectivity index (χ4v) is 1.34. The SMILES string of the molecule is CN(C)C(=O)/C=C/c1cccc(Br)c1. The molecule has 0 saturated carbocycles. The molecule has 2 nitrogen and oxygen atoms in total. The average Bonchev–Trinajstić information content (AvgIpc) is 2.14. The molecule has 0 radical (unpaired) electrons. The Morgan fingerprint density at radius 1 is 1.43 bits per heavy atom. The second-order valence-corrected chi connectivity index (χ2v) is 4.04.